The van der Waals surface area contributed by atoms with E-state index in [-0.39, 0.29) is 6.04 Å². The lowest BCUT2D eigenvalue weighted by molar-refractivity contribution is 0.401. The second-order valence-electron chi connectivity index (χ2n) is 4.78. The number of benzene rings is 1. The molecule has 0 spiro atoms. The van der Waals surface area contributed by atoms with Crippen LogP contribution in [0.1, 0.15) is 28.4 Å². The summed E-state index contributed by atoms with van der Waals surface area (Å²) in [5.74, 6) is 0.796. The van der Waals surface area contributed by atoms with Crippen LogP contribution < -0.4 is 10.1 Å². The van der Waals surface area contributed by atoms with Crippen LogP contribution in [0.2, 0.25) is 0 Å². The first-order valence-electron chi connectivity index (χ1n) is 6.51. The van der Waals surface area contributed by atoms with Crippen LogP contribution in [0.4, 0.5) is 0 Å². The molecular weight excluding hydrogens is 316 g/mol. The van der Waals surface area contributed by atoms with Crippen LogP contribution in [-0.4, -0.2) is 19.1 Å². The third kappa shape index (κ3) is 2.86. The molecule has 4 heteroatoms. The zero-order chi connectivity index (χ0) is 14.7. The number of nitrogens with one attached hydrogen (secondary N) is 1. The van der Waals surface area contributed by atoms with E-state index in [2.05, 4.69) is 52.2 Å². The van der Waals surface area contributed by atoms with Gasteiger partial charge in [-0.3, -0.25) is 4.98 Å². The highest BCUT2D eigenvalue weighted by atomic mass is 79.9. The van der Waals surface area contributed by atoms with Crippen molar-refractivity contribution < 1.29 is 4.74 Å². The van der Waals surface area contributed by atoms with Gasteiger partial charge in [0, 0.05) is 10.7 Å². The molecule has 20 heavy (non-hydrogen) atoms. The fraction of sp³-hybridized carbons (Fsp3) is 0.312. The summed E-state index contributed by atoms with van der Waals surface area (Å²) >= 11 is 3.61. The fourth-order valence-corrected chi connectivity index (χ4v) is 2.63. The molecule has 1 unspecified atom stereocenters. The predicted octanol–water partition coefficient (Wildman–Crippen LogP) is 3.78. The van der Waals surface area contributed by atoms with Gasteiger partial charge >= 0.3 is 0 Å². The fourth-order valence-electron chi connectivity index (χ4n) is 2.40. The number of aryl methyl sites for hydroxylation is 2. The maximum Gasteiger partial charge on any atom is 0.142 e. The van der Waals surface area contributed by atoms with Crippen molar-refractivity contribution in [2.24, 2.45) is 0 Å². The minimum absolute atomic E-state index is 0.0108. The van der Waals surface area contributed by atoms with Crippen molar-refractivity contribution in [2.45, 2.75) is 19.9 Å². The predicted molar refractivity (Wildman–Crippen MR) is 85.3 cm³/mol. The van der Waals surface area contributed by atoms with Gasteiger partial charge < -0.3 is 10.1 Å². The average Bonchev–Trinajstić information content (AvgIpc) is 2.46. The van der Waals surface area contributed by atoms with Crippen LogP contribution in [0.25, 0.3) is 0 Å². The molecule has 0 aliphatic heterocycles. The molecule has 0 aliphatic rings. The molecule has 0 amide bonds. The molecule has 1 heterocycles. The lowest BCUT2D eigenvalue weighted by Gasteiger charge is -2.20. The van der Waals surface area contributed by atoms with E-state index in [4.69, 9.17) is 4.74 Å². The highest BCUT2D eigenvalue weighted by Crippen LogP contribution is 2.31. The van der Waals surface area contributed by atoms with E-state index >= 15 is 0 Å². The van der Waals surface area contributed by atoms with Gasteiger partial charge in [-0.25, -0.2) is 0 Å². The second kappa shape index (κ2) is 6.37. The van der Waals surface area contributed by atoms with Crippen molar-refractivity contribution in [3.63, 3.8) is 0 Å². The highest BCUT2D eigenvalue weighted by molar-refractivity contribution is 9.10. The van der Waals surface area contributed by atoms with Crippen molar-refractivity contribution in [2.75, 3.05) is 14.2 Å². The molecule has 0 aliphatic carbocycles. The highest BCUT2D eigenvalue weighted by Gasteiger charge is 2.19. The summed E-state index contributed by atoms with van der Waals surface area (Å²) < 4.78 is 6.58. The van der Waals surface area contributed by atoms with Crippen LogP contribution in [0.5, 0.6) is 5.75 Å². The molecule has 0 fully saturated rings. The third-order valence-corrected chi connectivity index (χ3v) is 4.62. The number of hydrogen-bond donors (Lipinski definition) is 1. The number of methoxy groups -OCH3 is 1. The number of rotatable bonds is 4. The Kier molecular flexibility index (Phi) is 4.78. The molecule has 106 valence electrons. The van der Waals surface area contributed by atoms with E-state index in [1.807, 2.05) is 19.2 Å². The lowest BCUT2D eigenvalue weighted by atomic mass is 9.98. The monoisotopic (exact) mass is 334 g/mol. The third-order valence-electron chi connectivity index (χ3n) is 3.37. The zero-order valence-corrected chi connectivity index (χ0v) is 13.8. The van der Waals surface area contributed by atoms with Gasteiger partial charge in [0.2, 0.25) is 0 Å². The van der Waals surface area contributed by atoms with Crippen LogP contribution >= 0.6 is 15.9 Å². The molecule has 1 atom stereocenters. The Bertz CT molecular complexity index is 590. The summed E-state index contributed by atoms with van der Waals surface area (Å²) in [6, 6.07) is 8.17. The largest absolute Gasteiger partial charge is 0.495 e. The Balaban J connectivity index is 2.52. The molecule has 0 saturated carbocycles. The van der Waals surface area contributed by atoms with Gasteiger partial charge in [0.05, 0.1) is 13.2 Å². The Morgan fingerprint density at radius 2 is 1.90 bits per heavy atom. The van der Waals surface area contributed by atoms with Crippen molar-refractivity contribution >= 4 is 15.9 Å². The molecule has 2 rings (SSSR count). The van der Waals surface area contributed by atoms with E-state index < -0.39 is 0 Å². The average molecular weight is 335 g/mol. The number of ether oxygens (including phenoxy) is 1. The van der Waals surface area contributed by atoms with Crippen molar-refractivity contribution in [3.8, 4) is 5.75 Å². The number of aromatic nitrogens is 1. The van der Waals surface area contributed by atoms with Crippen molar-refractivity contribution in [3.05, 3.63) is 57.3 Å². The van der Waals surface area contributed by atoms with Crippen LogP contribution in [0.15, 0.2) is 34.9 Å². The summed E-state index contributed by atoms with van der Waals surface area (Å²) in [6.07, 6.45) is 1.79. The van der Waals surface area contributed by atoms with Crippen LogP contribution in [0, 0.1) is 13.8 Å². The van der Waals surface area contributed by atoms with Gasteiger partial charge in [-0.2, -0.15) is 0 Å². The maximum atomic E-state index is 5.42. The van der Waals surface area contributed by atoms with Gasteiger partial charge in [-0.1, -0.05) is 28.1 Å². The van der Waals surface area contributed by atoms with Gasteiger partial charge in [-0.15, -0.1) is 0 Å². The van der Waals surface area contributed by atoms with Gasteiger partial charge in [0.1, 0.15) is 11.4 Å². The first kappa shape index (κ1) is 15.0. The minimum atomic E-state index is 0.0108. The Morgan fingerprint density at radius 3 is 2.45 bits per heavy atom. The molecular formula is C16H19BrN2O. The SMILES string of the molecule is CNC(c1cc(C)c(Br)c(C)c1)c1ncccc1OC. The summed E-state index contributed by atoms with van der Waals surface area (Å²) in [4.78, 5) is 4.48. The van der Waals surface area contributed by atoms with E-state index in [0.717, 1.165) is 15.9 Å². The normalized spacial score (nSPS) is 12.2. The van der Waals surface area contributed by atoms with E-state index in [0.29, 0.717) is 0 Å². The number of pyridine rings is 1. The van der Waals surface area contributed by atoms with E-state index in [1.165, 1.54) is 16.7 Å². The quantitative estimate of drug-likeness (QED) is 0.923. The van der Waals surface area contributed by atoms with E-state index in [9.17, 15) is 0 Å². The lowest BCUT2D eigenvalue weighted by Crippen LogP contribution is -2.20. The molecule has 3 nitrogen and oxygen atoms in total. The number of halogens is 1. The molecule has 1 N–H and O–H groups in total. The Labute approximate surface area is 128 Å². The smallest absolute Gasteiger partial charge is 0.142 e. The van der Waals surface area contributed by atoms with Crippen molar-refractivity contribution in [1.82, 2.24) is 10.3 Å². The Morgan fingerprint density at radius 1 is 1.25 bits per heavy atom. The Hall–Kier alpha value is -1.39. The molecule has 0 saturated heterocycles. The molecule has 0 radical (unpaired) electrons. The first-order valence-corrected chi connectivity index (χ1v) is 7.30. The van der Waals surface area contributed by atoms with Gasteiger partial charge in [0.15, 0.2) is 0 Å². The topological polar surface area (TPSA) is 34.2 Å². The summed E-state index contributed by atoms with van der Waals surface area (Å²) in [7, 11) is 3.61. The first-order chi connectivity index (χ1) is 9.58. The molecule has 2 aromatic rings. The summed E-state index contributed by atoms with van der Waals surface area (Å²) in [5, 5.41) is 3.33. The van der Waals surface area contributed by atoms with Gasteiger partial charge in [0.25, 0.3) is 0 Å². The summed E-state index contributed by atoms with van der Waals surface area (Å²) in [6.45, 7) is 4.20. The van der Waals surface area contributed by atoms with E-state index in [1.54, 1.807) is 13.3 Å². The number of nitrogens with zero attached hydrogens (tertiary/aromatic N) is 1. The molecule has 0 bridgehead atoms. The molecule has 1 aromatic heterocycles. The van der Waals surface area contributed by atoms with Crippen LogP contribution in [-0.2, 0) is 0 Å². The number of hydrogen-bond acceptors (Lipinski definition) is 3. The standard InChI is InChI=1S/C16H19BrN2O/c1-10-8-12(9-11(2)14(10)17)15(18-3)16-13(20-4)6-5-7-19-16/h5-9,15,18H,1-4H3. The van der Waals surface area contributed by atoms with Gasteiger partial charge in [-0.05, 0) is 49.7 Å². The zero-order valence-electron chi connectivity index (χ0n) is 12.2. The maximum absolute atomic E-state index is 5.42. The minimum Gasteiger partial charge on any atom is -0.495 e. The van der Waals surface area contributed by atoms with Crippen molar-refractivity contribution in [1.29, 1.82) is 0 Å². The summed E-state index contributed by atoms with van der Waals surface area (Å²) in [5.41, 5.74) is 4.52. The molecule has 1 aromatic carbocycles. The van der Waals surface area contributed by atoms with Crippen LogP contribution in [0.3, 0.4) is 0 Å². The second-order valence-corrected chi connectivity index (χ2v) is 5.57.